The maximum absolute atomic E-state index is 13.1. The van der Waals surface area contributed by atoms with Gasteiger partial charge in [0.15, 0.2) is 18.1 Å². The number of benzene rings is 2. The first-order valence-electron chi connectivity index (χ1n) is 9.32. The second kappa shape index (κ2) is 10.7. The average molecular weight is 395 g/mol. The molecule has 0 aromatic heterocycles. The van der Waals surface area contributed by atoms with Gasteiger partial charge in [0.05, 0.1) is 18.7 Å². The summed E-state index contributed by atoms with van der Waals surface area (Å²) < 4.78 is 10.8. The molecule has 7 heteroatoms. The molecule has 0 unspecified atom stereocenters. The van der Waals surface area contributed by atoms with Crippen molar-refractivity contribution in [3.63, 3.8) is 0 Å². The molecule has 7 nitrogen and oxygen atoms in total. The Hall–Kier alpha value is -3.53. The molecule has 2 aromatic carbocycles. The van der Waals surface area contributed by atoms with Gasteiger partial charge in [-0.2, -0.15) is 5.26 Å². The normalized spacial score (nSPS) is 10.0. The van der Waals surface area contributed by atoms with Gasteiger partial charge in [0.25, 0.3) is 11.8 Å². The third kappa shape index (κ3) is 5.98. The van der Waals surface area contributed by atoms with Crippen LogP contribution in [0.2, 0.25) is 0 Å². The molecule has 2 amide bonds. The van der Waals surface area contributed by atoms with Crippen molar-refractivity contribution < 1.29 is 19.1 Å². The Morgan fingerprint density at radius 2 is 1.86 bits per heavy atom. The lowest BCUT2D eigenvalue weighted by molar-refractivity contribution is -0.122. The summed E-state index contributed by atoms with van der Waals surface area (Å²) in [6, 6.07) is 14.2. The average Bonchev–Trinajstić information content (AvgIpc) is 2.76. The highest BCUT2D eigenvalue weighted by Crippen LogP contribution is 2.29. The Kier molecular flexibility index (Phi) is 8.04. The molecule has 0 aliphatic heterocycles. The number of ether oxygens (including phenoxy) is 2. The van der Waals surface area contributed by atoms with Gasteiger partial charge in [-0.3, -0.25) is 9.59 Å². The van der Waals surface area contributed by atoms with Crippen molar-refractivity contribution in [2.45, 2.75) is 19.9 Å². The highest BCUT2D eigenvalue weighted by Gasteiger charge is 2.18. The highest BCUT2D eigenvalue weighted by molar-refractivity contribution is 5.95. The van der Waals surface area contributed by atoms with Gasteiger partial charge in [0.1, 0.15) is 0 Å². The van der Waals surface area contributed by atoms with E-state index in [1.807, 2.05) is 19.1 Å². The van der Waals surface area contributed by atoms with E-state index in [0.717, 1.165) is 12.0 Å². The zero-order chi connectivity index (χ0) is 21.2. The number of nitrogens with one attached hydrogen (secondary N) is 1. The number of nitriles is 1. The van der Waals surface area contributed by atoms with Gasteiger partial charge < -0.3 is 19.7 Å². The van der Waals surface area contributed by atoms with Crippen LogP contribution in [0.15, 0.2) is 42.5 Å². The van der Waals surface area contributed by atoms with Crippen molar-refractivity contribution in [1.82, 2.24) is 10.2 Å². The SMILES string of the molecule is CCCN(Cc1ccc(C#N)cc1)C(=O)c1ccc(OCC(=O)NC)c(OC)c1. The van der Waals surface area contributed by atoms with Crippen LogP contribution in [0.1, 0.15) is 34.8 Å². The second-order valence-corrected chi connectivity index (χ2v) is 6.36. The number of nitrogens with zero attached hydrogens (tertiary/aromatic N) is 2. The lowest BCUT2D eigenvalue weighted by atomic mass is 10.1. The summed E-state index contributed by atoms with van der Waals surface area (Å²) in [5, 5.41) is 11.4. The summed E-state index contributed by atoms with van der Waals surface area (Å²) in [5.74, 6) is 0.382. The first-order chi connectivity index (χ1) is 14.0. The minimum absolute atomic E-state index is 0.132. The van der Waals surface area contributed by atoms with Crippen LogP contribution in [0.25, 0.3) is 0 Å². The molecule has 0 heterocycles. The van der Waals surface area contributed by atoms with Crippen LogP contribution in [0.5, 0.6) is 11.5 Å². The Balaban J connectivity index is 2.19. The first-order valence-corrected chi connectivity index (χ1v) is 9.32. The van der Waals surface area contributed by atoms with E-state index < -0.39 is 0 Å². The summed E-state index contributed by atoms with van der Waals surface area (Å²) in [6.07, 6.45) is 0.812. The van der Waals surface area contributed by atoms with Crippen molar-refractivity contribution in [2.24, 2.45) is 0 Å². The van der Waals surface area contributed by atoms with E-state index in [0.29, 0.717) is 35.7 Å². The Labute approximate surface area is 170 Å². The molecule has 0 bridgehead atoms. The Morgan fingerprint density at radius 1 is 1.14 bits per heavy atom. The fourth-order valence-corrected chi connectivity index (χ4v) is 2.75. The van der Waals surface area contributed by atoms with Crippen molar-refractivity contribution in [3.8, 4) is 17.6 Å². The lowest BCUT2D eigenvalue weighted by Gasteiger charge is -2.23. The van der Waals surface area contributed by atoms with Crippen LogP contribution in [0.4, 0.5) is 0 Å². The fraction of sp³-hybridized carbons (Fsp3) is 0.318. The standard InChI is InChI=1S/C22H25N3O4/c1-4-11-25(14-17-7-5-16(13-23)6-8-17)22(27)18-9-10-19(20(12-18)28-3)29-15-21(26)24-2/h5-10,12H,4,11,14-15H2,1-3H3,(H,24,26). The molecule has 0 radical (unpaired) electrons. The first kappa shape index (κ1) is 21.8. The van der Waals surface area contributed by atoms with E-state index in [1.165, 1.54) is 14.2 Å². The molecule has 0 spiro atoms. The van der Waals surface area contributed by atoms with E-state index in [-0.39, 0.29) is 18.4 Å². The largest absolute Gasteiger partial charge is 0.493 e. The Morgan fingerprint density at radius 3 is 2.45 bits per heavy atom. The predicted molar refractivity (Wildman–Crippen MR) is 109 cm³/mol. The van der Waals surface area contributed by atoms with Crippen LogP contribution < -0.4 is 14.8 Å². The molecule has 29 heavy (non-hydrogen) atoms. The number of likely N-dealkylation sites (N-methyl/N-ethyl adjacent to an activating group) is 1. The summed E-state index contributed by atoms with van der Waals surface area (Å²) in [5.41, 5.74) is 2.00. The third-order valence-electron chi connectivity index (χ3n) is 4.29. The number of rotatable bonds is 9. The minimum Gasteiger partial charge on any atom is -0.493 e. The van der Waals surface area contributed by atoms with Gasteiger partial charge in [0, 0.05) is 25.7 Å². The van der Waals surface area contributed by atoms with E-state index in [9.17, 15) is 9.59 Å². The fourth-order valence-electron chi connectivity index (χ4n) is 2.75. The number of amides is 2. The van der Waals surface area contributed by atoms with E-state index >= 15 is 0 Å². The van der Waals surface area contributed by atoms with E-state index in [4.69, 9.17) is 14.7 Å². The number of hydrogen-bond donors (Lipinski definition) is 1. The zero-order valence-corrected chi connectivity index (χ0v) is 16.9. The third-order valence-corrected chi connectivity index (χ3v) is 4.29. The molecule has 0 aliphatic carbocycles. The summed E-state index contributed by atoms with van der Waals surface area (Å²) in [4.78, 5) is 26.2. The van der Waals surface area contributed by atoms with Crippen molar-refractivity contribution in [2.75, 3.05) is 27.3 Å². The quantitative estimate of drug-likeness (QED) is 0.705. The number of hydrogen-bond acceptors (Lipinski definition) is 5. The number of carbonyl (C=O) groups excluding carboxylic acids is 2. The van der Waals surface area contributed by atoms with Crippen LogP contribution in [-0.4, -0.2) is 44.0 Å². The topological polar surface area (TPSA) is 91.7 Å². The smallest absolute Gasteiger partial charge is 0.257 e. The van der Waals surface area contributed by atoms with Crippen LogP contribution in [-0.2, 0) is 11.3 Å². The molecule has 2 rings (SSSR count). The molecule has 152 valence electrons. The summed E-state index contributed by atoms with van der Waals surface area (Å²) >= 11 is 0. The van der Waals surface area contributed by atoms with Gasteiger partial charge >= 0.3 is 0 Å². The predicted octanol–water partition coefficient (Wildman–Crippen LogP) is 2.74. The zero-order valence-electron chi connectivity index (χ0n) is 16.9. The van der Waals surface area contributed by atoms with E-state index in [2.05, 4.69) is 11.4 Å². The maximum Gasteiger partial charge on any atom is 0.257 e. The number of carbonyl (C=O) groups is 2. The van der Waals surface area contributed by atoms with Gasteiger partial charge in [0.2, 0.25) is 0 Å². The molecule has 0 atom stereocenters. The molecule has 0 aliphatic rings. The molecular weight excluding hydrogens is 370 g/mol. The van der Waals surface area contributed by atoms with Crippen LogP contribution >= 0.6 is 0 Å². The Bertz CT molecular complexity index is 888. The van der Waals surface area contributed by atoms with Gasteiger partial charge in [-0.15, -0.1) is 0 Å². The van der Waals surface area contributed by atoms with Crippen LogP contribution in [0, 0.1) is 11.3 Å². The van der Waals surface area contributed by atoms with Gasteiger partial charge in [-0.1, -0.05) is 19.1 Å². The van der Waals surface area contributed by atoms with Crippen molar-refractivity contribution in [3.05, 3.63) is 59.2 Å². The van der Waals surface area contributed by atoms with Gasteiger partial charge in [-0.05, 0) is 42.3 Å². The molecule has 0 saturated carbocycles. The number of methoxy groups -OCH3 is 1. The minimum atomic E-state index is -0.260. The lowest BCUT2D eigenvalue weighted by Crippen LogP contribution is -2.31. The molecular formula is C22H25N3O4. The van der Waals surface area contributed by atoms with Crippen molar-refractivity contribution >= 4 is 11.8 Å². The van der Waals surface area contributed by atoms with Crippen molar-refractivity contribution in [1.29, 1.82) is 5.26 Å². The van der Waals surface area contributed by atoms with Crippen LogP contribution in [0.3, 0.4) is 0 Å². The molecule has 0 fully saturated rings. The van der Waals surface area contributed by atoms with E-state index in [1.54, 1.807) is 35.2 Å². The monoisotopic (exact) mass is 395 g/mol. The molecule has 1 N–H and O–H groups in total. The summed E-state index contributed by atoms with van der Waals surface area (Å²) in [7, 11) is 3.01. The summed E-state index contributed by atoms with van der Waals surface area (Å²) in [6.45, 7) is 2.90. The second-order valence-electron chi connectivity index (χ2n) is 6.36. The molecule has 0 saturated heterocycles. The maximum atomic E-state index is 13.1. The van der Waals surface area contributed by atoms with Gasteiger partial charge in [-0.25, -0.2) is 0 Å². The molecule has 2 aromatic rings. The highest BCUT2D eigenvalue weighted by atomic mass is 16.5.